The van der Waals surface area contributed by atoms with Gasteiger partial charge in [-0.15, -0.1) is 0 Å². The SMILES string of the molecule is COCOc1ccc2ccc(O)cc2c1. The zero-order chi connectivity index (χ0) is 10.7. The molecular weight excluding hydrogens is 192 g/mol. The van der Waals surface area contributed by atoms with Gasteiger partial charge < -0.3 is 14.6 Å². The van der Waals surface area contributed by atoms with E-state index in [1.54, 1.807) is 19.2 Å². The molecule has 2 aromatic rings. The summed E-state index contributed by atoms with van der Waals surface area (Å²) < 4.78 is 10.1. The third-order valence-corrected chi connectivity index (χ3v) is 2.14. The van der Waals surface area contributed by atoms with E-state index in [9.17, 15) is 5.11 Å². The molecule has 0 spiro atoms. The number of methoxy groups -OCH3 is 1. The molecule has 15 heavy (non-hydrogen) atoms. The first-order chi connectivity index (χ1) is 7.29. The van der Waals surface area contributed by atoms with Gasteiger partial charge in [-0.1, -0.05) is 12.1 Å². The highest BCUT2D eigenvalue weighted by atomic mass is 16.7. The molecule has 0 fully saturated rings. The Morgan fingerprint density at radius 1 is 1.07 bits per heavy atom. The number of phenols is 1. The normalized spacial score (nSPS) is 10.5. The van der Waals surface area contributed by atoms with E-state index in [1.165, 1.54) is 0 Å². The van der Waals surface area contributed by atoms with Crippen molar-refractivity contribution in [2.24, 2.45) is 0 Å². The third-order valence-electron chi connectivity index (χ3n) is 2.14. The van der Waals surface area contributed by atoms with E-state index in [-0.39, 0.29) is 12.5 Å². The van der Waals surface area contributed by atoms with E-state index in [4.69, 9.17) is 9.47 Å². The van der Waals surface area contributed by atoms with Gasteiger partial charge in [0, 0.05) is 7.11 Å². The Morgan fingerprint density at radius 3 is 2.67 bits per heavy atom. The highest BCUT2D eigenvalue weighted by Gasteiger charge is 1.98. The van der Waals surface area contributed by atoms with Crippen LogP contribution >= 0.6 is 0 Å². The molecule has 0 radical (unpaired) electrons. The van der Waals surface area contributed by atoms with Crippen molar-refractivity contribution < 1.29 is 14.6 Å². The van der Waals surface area contributed by atoms with Crippen molar-refractivity contribution in [3.8, 4) is 11.5 Å². The van der Waals surface area contributed by atoms with Crippen molar-refractivity contribution >= 4 is 10.8 Å². The first-order valence-corrected chi connectivity index (χ1v) is 4.64. The van der Waals surface area contributed by atoms with Crippen LogP contribution in [0.25, 0.3) is 10.8 Å². The van der Waals surface area contributed by atoms with Crippen molar-refractivity contribution in [2.45, 2.75) is 0 Å². The molecule has 0 atom stereocenters. The predicted octanol–water partition coefficient (Wildman–Crippen LogP) is 2.53. The summed E-state index contributed by atoms with van der Waals surface area (Å²) >= 11 is 0. The largest absolute Gasteiger partial charge is 0.508 e. The Bertz CT molecular complexity index is 465. The minimum absolute atomic E-state index is 0.227. The van der Waals surface area contributed by atoms with Crippen LogP contribution in [0.3, 0.4) is 0 Å². The van der Waals surface area contributed by atoms with Gasteiger partial charge in [0.1, 0.15) is 11.5 Å². The minimum Gasteiger partial charge on any atom is -0.508 e. The molecule has 0 aliphatic carbocycles. The smallest absolute Gasteiger partial charge is 0.188 e. The summed E-state index contributed by atoms with van der Waals surface area (Å²) in [5, 5.41) is 11.3. The van der Waals surface area contributed by atoms with Gasteiger partial charge in [-0.05, 0) is 35.0 Å². The van der Waals surface area contributed by atoms with Crippen LogP contribution in [-0.4, -0.2) is 19.0 Å². The summed E-state index contributed by atoms with van der Waals surface area (Å²) in [4.78, 5) is 0. The van der Waals surface area contributed by atoms with Crippen LogP contribution in [0, 0.1) is 0 Å². The maximum atomic E-state index is 9.33. The molecule has 78 valence electrons. The van der Waals surface area contributed by atoms with Crippen LogP contribution in [0.15, 0.2) is 36.4 Å². The Balaban J connectivity index is 2.36. The van der Waals surface area contributed by atoms with Crippen LogP contribution in [-0.2, 0) is 4.74 Å². The molecule has 0 aromatic heterocycles. The van der Waals surface area contributed by atoms with Crippen molar-refractivity contribution in [3.63, 3.8) is 0 Å². The average molecular weight is 204 g/mol. The summed E-state index contributed by atoms with van der Waals surface area (Å²) in [5.41, 5.74) is 0. The second kappa shape index (κ2) is 4.19. The molecule has 0 saturated carbocycles. The summed E-state index contributed by atoms with van der Waals surface area (Å²) in [5.74, 6) is 0.987. The number of hydrogen-bond donors (Lipinski definition) is 1. The van der Waals surface area contributed by atoms with Crippen molar-refractivity contribution in [1.29, 1.82) is 0 Å². The maximum absolute atomic E-state index is 9.33. The fourth-order valence-corrected chi connectivity index (χ4v) is 1.43. The van der Waals surface area contributed by atoms with Crippen LogP contribution in [0.2, 0.25) is 0 Å². The van der Waals surface area contributed by atoms with Gasteiger partial charge in [-0.25, -0.2) is 0 Å². The van der Waals surface area contributed by atoms with Crippen molar-refractivity contribution in [1.82, 2.24) is 0 Å². The standard InChI is InChI=1S/C12H12O3/c1-14-8-15-12-5-3-9-2-4-11(13)6-10(9)7-12/h2-7,13H,8H2,1H3. The second-order valence-corrected chi connectivity index (χ2v) is 3.24. The molecule has 3 heteroatoms. The molecule has 0 aliphatic heterocycles. The van der Waals surface area contributed by atoms with E-state index in [2.05, 4.69) is 0 Å². The van der Waals surface area contributed by atoms with E-state index >= 15 is 0 Å². The number of fused-ring (bicyclic) bond motifs is 1. The van der Waals surface area contributed by atoms with E-state index < -0.39 is 0 Å². The molecule has 2 rings (SSSR count). The lowest BCUT2D eigenvalue weighted by atomic mass is 10.1. The molecule has 2 aromatic carbocycles. The zero-order valence-corrected chi connectivity index (χ0v) is 8.43. The maximum Gasteiger partial charge on any atom is 0.188 e. The summed E-state index contributed by atoms with van der Waals surface area (Å²) in [6, 6.07) is 10.9. The lowest BCUT2D eigenvalue weighted by molar-refractivity contribution is 0.0512. The van der Waals surface area contributed by atoms with Crippen LogP contribution in [0.5, 0.6) is 11.5 Å². The molecule has 1 N–H and O–H groups in total. The van der Waals surface area contributed by atoms with E-state index in [1.807, 2.05) is 24.3 Å². The van der Waals surface area contributed by atoms with Gasteiger partial charge >= 0.3 is 0 Å². The van der Waals surface area contributed by atoms with Crippen molar-refractivity contribution in [3.05, 3.63) is 36.4 Å². The first-order valence-electron chi connectivity index (χ1n) is 4.64. The number of rotatable bonds is 3. The molecular formula is C12H12O3. The molecule has 0 bridgehead atoms. The fourth-order valence-electron chi connectivity index (χ4n) is 1.43. The molecule has 0 saturated heterocycles. The van der Waals surface area contributed by atoms with E-state index in [0.717, 1.165) is 16.5 Å². The Hall–Kier alpha value is -1.74. The monoisotopic (exact) mass is 204 g/mol. The Labute approximate surface area is 87.9 Å². The highest BCUT2D eigenvalue weighted by Crippen LogP contribution is 2.24. The number of aromatic hydroxyl groups is 1. The summed E-state index contributed by atoms with van der Waals surface area (Å²) in [6.45, 7) is 0.227. The number of hydrogen-bond acceptors (Lipinski definition) is 3. The van der Waals surface area contributed by atoms with E-state index in [0.29, 0.717) is 0 Å². The number of benzene rings is 2. The van der Waals surface area contributed by atoms with Gasteiger partial charge in [-0.2, -0.15) is 0 Å². The second-order valence-electron chi connectivity index (χ2n) is 3.24. The van der Waals surface area contributed by atoms with Gasteiger partial charge in [0.05, 0.1) is 0 Å². The van der Waals surface area contributed by atoms with Crippen LogP contribution in [0.4, 0.5) is 0 Å². The van der Waals surface area contributed by atoms with Gasteiger partial charge in [-0.3, -0.25) is 0 Å². The van der Waals surface area contributed by atoms with Crippen molar-refractivity contribution in [2.75, 3.05) is 13.9 Å². The predicted molar refractivity (Wildman–Crippen MR) is 58.1 cm³/mol. The Morgan fingerprint density at radius 2 is 1.87 bits per heavy atom. The topological polar surface area (TPSA) is 38.7 Å². The molecule has 0 amide bonds. The summed E-state index contributed by atoms with van der Waals surface area (Å²) in [6.07, 6.45) is 0. The van der Waals surface area contributed by atoms with Gasteiger partial charge in [0.2, 0.25) is 0 Å². The quantitative estimate of drug-likeness (QED) is 0.781. The molecule has 3 nitrogen and oxygen atoms in total. The molecule has 0 heterocycles. The highest BCUT2D eigenvalue weighted by molar-refractivity contribution is 5.85. The molecule has 0 unspecified atom stereocenters. The van der Waals surface area contributed by atoms with Gasteiger partial charge in [0.15, 0.2) is 6.79 Å². The molecule has 0 aliphatic rings. The summed E-state index contributed by atoms with van der Waals surface area (Å²) in [7, 11) is 1.58. The Kier molecular flexibility index (Phi) is 2.74. The zero-order valence-electron chi connectivity index (χ0n) is 8.43. The van der Waals surface area contributed by atoms with Gasteiger partial charge in [0.25, 0.3) is 0 Å². The third kappa shape index (κ3) is 2.19. The average Bonchev–Trinajstić information content (AvgIpc) is 2.25. The number of phenolic OH excluding ortho intramolecular Hbond substituents is 1. The fraction of sp³-hybridized carbons (Fsp3) is 0.167. The number of ether oxygens (including phenoxy) is 2. The van der Waals surface area contributed by atoms with Crippen LogP contribution in [0.1, 0.15) is 0 Å². The lowest BCUT2D eigenvalue weighted by Crippen LogP contribution is -1.98. The van der Waals surface area contributed by atoms with Crippen LogP contribution < -0.4 is 4.74 Å². The lowest BCUT2D eigenvalue weighted by Gasteiger charge is -2.05. The minimum atomic E-state index is 0.227. The first kappa shape index (κ1) is 9.80.